The van der Waals surface area contributed by atoms with E-state index in [0.29, 0.717) is 6.54 Å². The molecule has 2 aromatic heterocycles. The number of rotatable bonds is 3. The molecule has 1 aromatic carbocycles. The zero-order valence-electron chi connectivity index (χ0n) is 11.5. The van der Waals surface area contributed by atoms with Gasteiger partial charge in [-0.05, 0) is 43.7 Å². The van der Waals surface area contributed by atoms with E-state index in [-0.39, 0.29) is 5.38 Å². The van der Waals surface area contributed by atoms with Crippen LogP contribution in [0.25, 0.3) is 11.0 Å². The third-order valence-electron chi connectivity index (χ3n) is 3.34. The molecule has 0 saturated carbocycles. The molecule has 0 radical (unpaired) electrons. The number of halogens is 1. The fourth-order valence-corrected chi connectivity index (χ4v) is 2.55. The van der Waals surface area contributed by atoms with Crippen molar-refractivity contribution in [3.63, 3.8) is 0 Å². The molecule has 1 unspecified atom stereocenters. The van der Waals surface area contributed by atoms with Crippen LogP contribution in [0.5, 0.6) is 0 Å². The van der Waals surface area contributed by atoms with Gasteiger partial charge in [0.1, 0.15) is 5.82 Å². The van der Waals surface area contributed by atoms with Gasteiger partial charge in [-0.25, -0.2) is 4.98 Å². The highest BCUT2D eigenvalue weighted by Crippen LogP contribution is 2.25. The second-order valence-corrected chi connectivity index (χ2v) is 5.64. The van der Waals surface area contributed by atoms with Crippen LogP contribution < -0.4 is 0 Å². The fourth-order valence-electron chi connectivity index (χ4n) is 2.38. The molecular weight excluding hydrogens is 270 g/mol. The van der Waals surface area contributed by atoms with Gasteiger partial charge >= 0.3 is 0 Å². The minimum absolute atomic E-state index is 0.133. The molecule has 3 rings (SSSR count). The van der Waals surface area contributed by atoms with Crippen molar-refractivity contribution in [2.75, 3.05) is 0 Å². The Hall–Kier alpha value is -1.87. The fraction of sp³-hybridized carbons (Fsp3) is 0.250. The van der Waals surface area contributed by atoms with Crippen LogP contribution >= 0.6 is 11.6 Å². The van der Waals surface area contributed by atoms with Gasteiger partial charge in [-0.15, -0.1) is 11.6 Å². The van der Waals surface area contributed by atoms with Crippen molar-refractivity contribution in [2.45, 2.75) is 25.8 Å². The van der Waals surface area contributed by atoms with E-state index in [4.69, 9.17) is 11.6 Å². The van der Waals surface area contributed by atoms with E-state index in [1.54, 1.807) is 0 Å². The lowest BCUT2D eigenvalue weighted by Gasteiger charge is -2.10. The van der Waals surface area contributed by atoms with Crippen molar-refractivity contribution in [3.8, 4) is 0 Å². The zero-order chi connectivity index (χ0) is 14.1. The summed E-state index contributed by atoms with van der Waals surface area (Å²) < 4.78 is 2.15. The molecule has 20 heavy (non-hydrogen) atoms. The Labute approximate surface area is 123 Å². The Balaban J connectivity index is 2.14. The molecule has 3 aromatic rings. The van der Waals surface area contributed by atoms with Crippen LogP contribution in [0.1, 0.15) is 29.4 Å². The minimum Gasteiger partial charge on any atom is -0.321 e. The lowest BCUT2D eigenvalue weighted by molar-refractivity contribution is 0.727. The first kappa shape index (κ1) is 13.1. The molecule has 4 heteroatoms. The second kappa shape index (κ2) is 5.25. The second-order valence-electron chi connectivity index (χ2n) is 4.99. The summed E-state index contributed by atoms with van der Waals surface area (Å²) in [4.78, 5) is 9.06. The summed E-state index contributed by atoms with van der Waals surface area (Å²) in [7, 11) is 0. The summed E-state index contributed by atoms with van der Waals surface area (Å²) in [6.07, 6.45) is 1.81. The minimum atomic E-state index is -0.133. The SMILES string of the molecule is Cc1ccc2c(c1)nc(C(C)Cl)n2Cc1ccccn1. The van der Waals surface area contributed by atoms with Crippen LogP contribution in [-0.4, -0.2) is 14.5 Å². The highest BCUT2D eigenvalue weighted by molar-refractivity contribution is 6.20. The first-order valence-electron chi connectivity index (χ1n) is 6.66. The van der Waals surface area contributed by atoms with Crippen molar-refractivity contribution in [2.24, 2.45) is 0 Å². The van der Waals surface area contributed by atoms with Crippen LogP contribution in [0.4, 0.5) is 0 Å². The van der Waals surface area contributed by atoms with E-state index in [1.165, 1.54) is 5.56 Å². The Bertz CT molecular complexity index is 732. The normalized spacial score (nSPS) is 12.8. The maximum Gasteiger partial charge on any atom is 0.128 e. The Morgan fingerprint density at radius 3 is 2.80 bits per heavy atom. The van der Waals surface area contributed by atoms with Gasteiger partial charge in [-0.3, -0.25) is 4.98 Å². The summed E-state index contributed by atoms with van der Waals surface area (Å²) >= 11 is 6.28. The van der Waals surface area contributed by atoms with Gasteiger partial charge in [-0.1, -0.05) is 12.1 Å². The van der Waals surface area contributed by atoms with Gasteiger partial charge in [0.15, 0.2) is 0 Å². The summed E-state index contributed by atoms with van der Waals surface area (Å²) in [5.41, 5.74) is 4.30. The van der Waals surface area contributed by atoms with Crippen LogP contribution in [0.3, 0.4) is 0 Å². The first-order valence-corrected chi connectivity index (χ1v) is 7.09. The smallest absolute Gasteiger partial charge is 0.128 e. The number of pyridine rings is 1. The van der Waals surface area contributed by atoms with E-state index in [0.717, 1.165) is 22.6 Å². The number of fused-ring (bicyclic) bond motifs is 1. The lowest BCUT2D eigenvalue weighted by atomic mass is 10.2. The zero-order valence-corrected chi connectivity index (χ0v) is 12.3. The number of benzene rings is 1. The molecule has 3 nitrogen and oxygen atoms in total. The number of aromatic nitrogens is 3. The van der Waals surface area contributed by atoms with Crippen LogP contribution in [0, 0.1) is 6.92 Å². The highest BCUT2D eigenvalue weighted by atomic mass is 35.5. The maximum atomic E-state index is 6.28. The molecule has 0 N–H and O–H groups in total. The van der Waals surface area contributed by atoms with Gasteiger partial charge in [0.05, 0.1) is 28.6 Å². The van der Waals surface area contributed by atoms with Crippen LogP contribution in [0.15, 0.2) is 42.6 Å². The van der Waals surface area contributed by atoms with Gasteiger partial charge in [0.2, 0.25) is 0 Å². The monoisotopic (exact) mass is 285 g/mol. The average Bonchev–Trinajstić information content (AvgIpc) is 2.78. The number of nitrogens with zero attached hydrogens (tertiary/aromatic N) is 3. The predicted molar refractivity (Wildman–Crippen MR) is 82.1 cm³/mol. The predicted octanol–water partition coefficient (Wildman–Crippen LogP) is 4.09. The van der Waals surface area contributed by atoms with Crippen LogP contribution in [0.2, 0.25) is 0 Å². The molecule has 0 aliphatic carbocycles. The van der Waals surface area contributed by atoms with E-state index >= 15 is 0 Å². The largest absolute Gasteiger partial charge is 0.321 e. The van der Waals surface area contributed by atoms with E-state index in [1.807, 2.05) is 31.3 Å². The molecule has 1 atom stereocenters. The quantitative estimate of drug-likeness (QED) is 0.679. The summed E-state index contributed by atoms with van der Waals surface area (Å²) in [5, 5.41) is -0.133. The average molecular weight is 286 g/mol. The number of imidazole rings is 1. The number of hydrogen-bond acceptors (Lipinski definition) is 2. The molecule has 102 valence electrons. The highest BCUT2D eigenvalue weighted by Gasteiger charge is 2.15. The molecule has 0 aliphatic rings. The number of hydrogen-bond donors (Lipinski definition) is 0. The molecular formula is C16H16ClN3. The van der Waals surface area contributed by atoms with Crippen molar-refractivity contribution in [3.05, 3.63) is 59.7 Å². The van der Waals surface area contributed by atoms with Crippen molar-refractivity contribution in [1.82, 2.24) is 14.5 Å². The third-order valence-corrected chi connectivity index (χ3v) is 3.53. The molecule has 0 fully saturated rings. The first-order chi connectivity index (χ1) is 9.65. The molecule has 0 spiro atoms. The third kappa shape index (κ3) is 2.41. The van der Waals surface area contributed by atoms with E-state index in [2.05, 4.69) is 39.7 Å². The Morgan fingerprint density at radius 1 is 1.25 bits per heavy atom. The molecule has 0 amide bonds. The lowest BCUT2D eigenvalue weighted by Crippen LogP contribution is -2.06. The molecule has 0 bridgehead atoms. The van der Waals surface area contributed by atoms with Crippen molar-refractivity contribution < 1.29 is 0 Å². The van der Waals surface area contributed by atoms with Crippen LogP contribution in [-0.2, 0) is 6.54 Å². The maximum absolute atomic E-state index is 6.28. The molecule has 2 heterocycles. The van der Waals surface area contributed by atoms with E-state index in [9.17, 15) is 0 Å². The molecule has 0 aliphatic heterocycles. The van der Waals surface area contributed by atoms with Crippen molar-refractivity contribution >= 4 is 22.6 Å². The van der Waals surface area contributed by atoms with Gasteiger partial charge in [0, 0.05) is 6.20 Å². The Kier molecular flexibility index (Phi) is 3.45. The molecule has 0 saturated heterocycles. The van der Waals surface area contributed by atoms with E-state index < -0.39 is 0 Å². The van der Waals surface area contributed by atoms with Crippen molar-refractivity contribution in [1.29, 1.82) is 0 Å². The summed E-state index contributed by atoms with van der Waals surface area (Å²) in [6, 6.07) is 12.2. The van der Waals surface area contributed by atoms with Gasteiger partial charge < -0.3 is 4.57 Å². The topological polar surface area (TPSA) is 30.7 Å². The summed E-state index contributed by atoms with van der Waals surface area (Å²) in [5.74, 6) is 0.887. The standard InChI is InChI=1S/C16H16ClN3/c1-11-6-7-15-14(9-11)19-16(12(2)17)20(15)10-13-5-3-4-8-18-13/h3-9,12H,10H2,1-2H3. The van der Waals surface area contributed by atoms with Gasteiger partial charge in [0.25, 0.3) is 0 Å². The Morgan fingerprint density at radius 2 is 2.10 bits per heavy atom. The van der Waals surface area contributed by atoms with Gasteiger partial charge in [-0.2, -0.15) is 0 Å². The number of alkyl halides is 1. The summed E-state index contributed by atoms with van der Waals surface area (Å²) in [6.45, 7) is 4.71. The number of aryl methyl sites for hydroxylation is 1.